The summed E-state index contributed by atoms with van der Waals surface area (Å²) < 4.78 is 14.9. The summed E-state index contributed by atoms with van der Waals surface area (Å²) in [4.78, 5) is 24.6. The summed E-state index contributed by atoms with van der Waals surface area (Å²) >= 11 is 1.25. The van der Waals surface area contributed by atoms with Crippen molar-refractivity contribution in [2.75, 3.05) is 5.32 Å². The lowest BCUT2D eigenvalue weighted by Gasteiger charge is -2.07. The first-order chi connectivity index (χ1) is 13.8. The largest absolute Gasteiger partial charge is 0.321 e. The molecule has 2 aromatic carbocycles. The zero-order chi connectivity index (χ0) is 20.7. The molecule has 2 heterocycles. The van der Waals surface area contributed by atoms with E-state index in [1.54, 1.807) is 35.9 Å². The standard InChI is InChI=1S/C20H15FN4O3S/c1-11-16(4-3-5-17(11)25(27)28)22-19(26)18-10-15-12(2)23-24(20(15)29-18)14-8-6-13(21)7-9-14/h3-10H,1-2H3,(H,22,26). The van der Waals surface area contributed by atoms with Crippen LogP contribution in [0.2, 0.25) is 0 Å². The van der Waals surface area contributed by atoms with Gasteiger partial charge in [-0.25, -0.2) is 9.07 Å². The van der Waals surface area contributed by atoms with Crippen molar-refractivity contribution in [1.29, 1.82) is 0 Å². The number of benzene rings is 2. The number of aryl methyl sites for hydroxylation is 1. The summed E-state index contributed by atoms with van der Waals surface area (Å²) in [5.41, 5.74) is 2.15. The second kappa shape index (κ2) is 7.10. The van der Waals surface area contributed by atoms with E-state index in [9.17, 15) is 19.3 Å². The molecule has 7 nitrogen and oxygen atoms in total. The minimum absolute atomic E-state index is 0.0538. The van der Waals surface area contributed by atoms with E-state index < -0.39 is 4.92 Å². The number of hydrogen-bond donors (Lipinski definition) is 1. The maximum Gasteiger partial charge on any atom is 0.274 e. The molecule has 0 aliphatic rings. The second-order valence-electron chi connectivity index (χ2n) is 6.46. The van der Waals surface area contributed by atoms with Gasteiger partial charge >= 0.3 is 0 Å². The highest BCUT2D eigenvalue weighted by Crippen LogP contribution is 2.32. The maximum absolute atomic E-state index is 13.2. The summed E-state index contributed by atoms with van der Waals surface area (Å²) in [6.07, 6.45) is 0. The van der Waals surface area contributed by atoms with Crippen LogP contribution in [0.5, 0.6) is 0 Å². The fraction of sp³-hybridized carbons (Fsp3) is 0.100. The number of thiophene rings is 1. The Morgan fingerprint density at radius 1 is 1.21 bits per heavy atom. The van der Waals surface area contributed by atoms with E-state index in [1.165, 1.54) is 35.6 Å². The zero-order valence-corrected chi connectivity index (χ0v) is 16.3. The molecular formula is C20H15FN4O3S. The van der Waals surface area contributed by atoms with E-state index in [2.05, 4.69) is 10.4 Å². The minimum Gasteiger partial charge on any atom is -0.321 e. The number of rotatable bonds is 4. The Morgan fingerprint density at radius 3 is 2.62 bits per heavy atom. The molecule has 0 fully saturated rings. The molecule has 1 N–H and O–H groups in total. The number of halogens is 1. The summed E-state index contributed by atoms with van der Waals surface area (Å²) in [6.45, 7) is 3.43. The molecule has 0 spiro atoms. The molecule has 0 saturated heterocycles. The van der Waals surface area contributed by atoms with E-state index >= 15 is 0 Å². The highest BCUT2D eigenvalue weighted by atomic mass is 32.1. The fourth-order valence-corrected chi connectivity index (χ4v) is 4.14. The molecule has 0 saturated carbocycles. The van der Waals surface area contributed by atoms with Gasteiger partial charge in [-0.3, -0.25) is 14.9 Å². The molecule has 0 atom stereocenters. The molecule has 0 bridgehead atoms. The van der Waals surface area contributed by atoms with Crippen molar-refractivity contribution in [3.63, 3.8) is 0 Å². The first-order valence-electron chi connectivity index (χ1n) is 8.65. The number of anilines is 1. The topological polar surface area (TPSA) is 90.1 Å². The van der Waals surface area contributed by atoms with Crippen molar-refractivity contribution in [2.45, 2.75) is 13.8 Å². The molecule has 0 aliphatic heterocycles. The molecule has 9 heteroatoms. The lowest BCUT2D eigenvalue weighted by Crippen LogP contribution is -2.11. The van der Waals surface area contributed by atoms with Gasteiger partial charge in [-0.2, -0.15) is 5.10 Å². The van der Waals surface area contributed by atoms with Crippen LogP contribution in [0.25, 0.3) is 15.9 Å². The number of aromatic nitrogens is 2. The number of fused-ring (bicyclic) bond motifs is 1. The Hall–Kier alpha value is -3.59. The minimum atomic E-state index is -0.481. The predicted octanol–water partition coefficient (Wildman–Crippen LogP) is 5.00. The van der Waals surface area contributed by atoms with Crippen LogP contribution >= 0.6 is 11.3 Å². The van der Waals surface area contributed by atoms with Crippen LogP contribution in [-0.4, -0.2) is 20.6 Å². The maximum atomic E-state index is 13.2. The molecule has 0 unspecified atom stereocenters. The van der Waals surface area contributed by atoms with Gasteiger partial charge in [0.1, 0.15) is 10.6 Å². The SMILES string of the molecule is Cc1c(NC(=O)c2cc3c(C)nn(-c4ccc(F)cc4)c3s2)cccc1[N+](=O)[O-]. The zero-order valence-electron chi connectivity index (χ0n) is 15.5. The summed E-state index contributed by atoms with van der Waals surface area (Å²) in [7, 11) is 0. The van der Waals surface area contributed by atoms with Gasteiger partial charge in [-0.1, -0.05) is 6.07 Å². The van der Waals surface area contributed by atoms with Crippen LogP contribution in [0, 0.1) is 29.8 Å². The Bertz CT molecular complexity index is 1260. The van der Waals surface area contributed by atoms with Crippen molar-refractivity contribution < 1.29 is 14.1 Å². The third-order valence-electron chi connectivity index (χ3n) is 4.59. The van der Waals surface area contributed by atoms with Crippen LogP contribution in [0.15, 0.2) is 48.5 Å². The Morgan fingerprint density at radius 2 is 1.93 bits per heavy atom. The quantitative estimate of drug-likeness (QED) is 0.378. The first-order valence-corrected chi connectivity index (χ1v) is 9.47. The first kappa shape index (κ1) is 18.8. The van der Waals surface area contributed by atoms with Crippen molar-refractivity contribution in [2.24, 2.45) is 0 Å². The molecule has 0 aliphatic carbocycles. The third kappa shape index (κ3) is 3.36. The number of nitrogens with one attached hydrogen (secondary N) is 1. The number of nitro groups is 1. The van der Waals surface area contributed by atoms with E-state index in [0.717, 1.165) is 15.9 Å². The number of hydrogen-bond acceptors (Lipinski definition) is 5. The summed E-state index contributed by atoms with van der Waals surface area (Å²) in [6, 6.07) is 12.2. The predicted molar refractivity (Wildman–Crippen MR) is 109 cm³/mol. The number of nitrogens with zero attached hydrogens (tertiary/aromatic N) is 3. The molecular weight excluding hydrogens is 395 g/mol. The van der Waals surface area contributed by atoms with Crippen LogP contribution in [0.3, 0.4) is 0 Å². The van der Waals surface area contributed by atoms with Crippen molar-refractivity contribution in [3.8, 4) is 5.69 Å². The number of amides is 1. The van der Waals surface area contributed by atoms with Crippen molar-refractivity contribution >= 4 is 38.8 Å². The molecule has 29 heavy (non-hydrogen) atoms. The number of carbonyl (C=O) groups is 1. The third-order valence-corrected chi connectivity index (χ3v) is 5.70. The van der Waals surface area contributed by atoms with Gasteiger partial charge in [0.15, 0.2) is 0 Å². The van der Waals surface area contributed by atoms with Gasteiger partial charge in [0.25, 0.3) is 11.6 Å². The van der Waals surface area contributed by atoms with Crippen LogP contribution in [-0.2, 0) is 0 Å². The molecule has 4 rings (SSSR count). The Balaban J connectivity index is 1.69. The van der Waals surface area contributed by atoms with E-state index in [1.807, 2.05) is 6.92 Å². The lowest BCUT2D eigenvalue weighted by atomic mass is 10.1. The molecule has 0 radical (unpaired) electrons. The lowest BCUT2D eigenvalue weighted by molar-refractivity contribution is -0.385. The molecule has 146 valence electrons. The molecule has 2 aromatic heterocycles. The second-order valence-corrected chi connectivity index (χ2v) is 7.49. The fourth-order valence-electron chi connectivity index (χ4n) is 3.06. The summed E-state index contributed by atoms with van der Waals surface area (Å²) in [5, 5.41) is 19.1. The summed E-state index contributed by atoms with van der Waals surface area (Å²) in [5.74, 6) is -0.702. The molecule has 1 amide bonds. The van der Waals surface area contributed by atoms with Gasteiger partial charge in [-0.05, 0) is 50.2 Å². The average Bonchev–Trinajstić information content (AvgIpc) is 3.25. The van der Waals surface area contributed by atoms with Gasteiger partial charge in [0.05, 0.1) is 32.4 Å². The van der Waals surface area contributed by atoms with Crippen molar-refractivity contribution in [1.82, 2.24) is 9.78 Å². The monoisotopic (exact) mass is 410 g/mol. The van der Waals surface area contributed by atoms with Gasteiger partial charge in [-0.15, -0.1) is 11.3 Å². The Kier molecular flexibility index (Phi) is 4.59. The van der Waals surface area contributed by atoms with Gasteiger partial charge in [0.2, 0.25) is 0 Å². The van der Waals surface area contributed by atoms with Crippen molar-refractivity contribution in [3.05, 3.63) is 80.6 Å². The smallest absolute Gasteiger partial charge is 0.274 e. The van der Waals surface area contributed by atoms with Crippen LogP contribution in [0.4, 0.5) is 15.8 Å². The Labute approximate surface area is 168 Å². The highest BCUT2D eigenvalue weighted by molar-refractivity contribution is 7.20. The van der Waals surface area contributed by atoms with Gasteiger partial charge < -0.3 is 5.32 Å². The van der Waals surface area contributed by atoms with E-state index in [0.29, 0.717) is 21.8 Å². The molecule has 4 aromatic rings. The van der Waals surface area contributed by atoms with E-state index in [4.69, 9.17) is 0 Å². The number of carbonyl (C=O) groups excluding carboxylic acids is 1. The number of nitro benzene ring substituents is 1. The van der Waals surface area contributed by atoms with Gasteiger partial charge in [0, 0.05) is 11.5 Å². The highest BCUT2D eigenvalue weighted by Gasteiger charge is 2.19. The van der Waals surface area contributed by atoms with E-state index in [-0.39, 0.29) is 17.4 Å². The average molecular weight is 410 g/mol. The van der Waals surface area contributed by atoms with Crippen LogP contribution in [0.1, 0.15) is 20.9 Å². The van der Waals surface area contributed by atoms with Crippen LogP contribution < -0.4 is 5.32 Å². The normalized spacial score (nSPS) is 11.0.